The smallest absolute Gasteiger partial charge is 0.273 e. The lowest BCUT2D eigenvalue weighted by molar-refractivity contribution is 0.101. The van der Waals surface area contributed by atoms with Gasteiger partial charge in [-0.05, 0) is 37.3 Å². The third-order valence-electron chi connectivity index (χ3n) is 3.94. The molecule has 1 aliphatic carbocycles. The van der Waals surface area contributed by atoms with Crippen molar-refractivity contribution < 1.29 is 4.79 Å². The van der Waals surface area contributed by atoms with E-state index in [0.717, 1.165) is 18.5 Å². The molecule has 0 radical (unpaired) electrons. The Balaban J connectivity index is 1.74. The molecule has 0 atom stereocenters. The number of carbonyl (C=O) groups excluding carboxylic acids is 1. The summed E-state index contributed by atoms with van der Waals surface area (Å²) >= 11 is 0. The number of hydrogen-bond donors (Lipinski definition) is 2. The number of aromatic nitrogens is 3. The zero-order valence-electron chi connectivity index (χ0n) is 11.9. The maximum atomic E-state index is 12.3. The fourth-order valence-electron chi connectivity index (χ4n) is 2.45. The van der Waals surface area contributed by atoms with E-state index in [1.54, 1.807) is 0 Å². The first-order valence-corrected chi connectivity index (χ1v) is 7.18. The summed E-state index contributed by atoms with van der Waals surface area (Å²) in [7, 11) is 0. The summed E-state index contributed by atoms with van der Waals surface area (Å²) < 4.78 is 2.08. The molecule has 3 rings (SSSR count). The number of nitrogens with zero attached hydrogens (tertiary/aromatic N) is 2. The number of carbonyl (C=O) groups is 1. The van der Waals surface area contributed by atoms with Gasteiger partial charge in [-0.15, -0.1) is 0 Å². The minimum absolute atomic E-state index is 0.0938. The summed E-state index contributed by atoms with van der Waals surface area (Å²) in [5, 5.41) is 9.93. The Kier molecular flexibility index (Phi) is 3.34. The van der Waals surface area contributed by atoms with Crippen LogP contribution in [0.25, 0.3) is 0 Å². The quantitative estimate of drug-likeness (QED) is 0.897. The first-order chi connectivity index (χ1) is 9.65. The molecule has 1 saturated carbocycles. The lowest BCUT2D eigenvalue weighted by Crippen LogP contribution is -2.23. The van der Waals surface area contributed by atoms with Gasteiger partial charge in [-0.3, -0.25) is 9.89 Å². The lowest BCUT2D eigenvalue weighted by Gasteiger charge is -2.28. The topological polar surface area (TPSA) is 62.7 Å². The van der Waals surface area contributed by atoms with Crippen molar-refractivity contribution in [2.75, 3.05) is 5.32 Å². The highest BCUT2D eigenvalue weighted by Crippen LogP contribution is 2.32. The molecule has 0 unspecified atom stereocenters. The summed E-state index contributed by atoms with van der Waals surface area (Å²) in [6, 6.07) is 6.16. The van der Waals surface area contributed by atoms with Gasteiger partial charge in [0.1, 0.15) is 5.69 Å². The van der Waals surface area contributed by atoms with Gasteiger partial charge in [0.05, 0.1) is 0 Å². The zero-order valence-corrected chi connectivity index (χ0v) is 11.9. The second kappa shape index (κ2) is 5.15. The minimum atomic E-state index is -0.0938. The van der Waals surface area contributed by atoms with E-state index >= 15 is 0 Å². The van der Waals surface area contributed by atoms with E-state index in [0.29, 0.717) is 23.5 Å². The fourth-order valence-corrected chi connectivity index (χ4v) is 2.45. The van der Waals surface area contributed by atoms with Gasteiger partial charge in [-0.25, -0.2) is 0 Å². The molecule has 1 aliphatic rings. The third-order valence-corrected chi connectivity index (χ3v) is 3.94. The van der Waals surface area contributed by atoms with Crippen molar-refractivity contribution in [2.24, 2.45) is 0 Å². The van der Waals surface area contributed by atoms with Crippen molar-refractivity contribution in [3.05, 3.63) is 35.8 Å². The summed E-state index contributed by atoms with van der Waals surface area (Å²) in [6.45, 7) is 4.17. The van der Waals surface area contributed by atoms with Crippen LogP contribution in [-0.2, 0) is 0 Å². The molecular weight excluding hydrogens is 252 g/mol. The van der Waals surface area contributed by atoms with Gasteiger partial charge in [0.2, 0.25) is 0 Å². The summed E-state index contributed by atoms with van der Waals surface area (Å²) in [5.74, 6) is 0.857. The number of anilines is 1. The maximum absolute atomic E-state index is 12.3. The highest BCUT2D eigenvalue weighted by Gasteiger charge is 2.23. The fraction of sp³-hybridized carbons (Fsp3) is 0.467. The van der Waals surface area contributed by atoms with Crippen LogP contribution in [0.3, 0.4) is 0 Å². The first kappa shape index (κ1) is 13.0. The molecule has 0 aromatic carbocycles. The van der Waals surface area contributed by atoms with Gasteiger partial charge in [-0.1, -0.05) is 13.8 Å². The highest BCUT2D eigenvalue weighted by atomic mass is 16.2. The number of rotatable bonds is 4. The predicted molar refractivity (Wildman–Crippen MR) is 77.9 cm³/mol. The molecular formula is C15H20N4O. The van der Waals surface area contributed by atoms with Gasteiger partial charge in [0.15, 0.2) is 5.82 Å². The number of H-pyrrole nitrogens is 1. The van der Waals surface area contributed by atoms with Crippen molar-refractivity contribution in [1.29, 1.82) is 0 Å². The van der Waals surface area contributed by atoms with Crippen molar-refractivity contribution in [1.82, 2.24) is 14.8 Å². The number of aromatic amines is 1. The van der Waals surface area contributed by atoms with E-state index < -0.39 is 0 Å². The molecule has 0 spiro atoms. The molecule has 5 nitrogen and oxygen atoms in total. The van der Waals surface area contributed by atoms with Crippen LogP contribution in [-0.4, -0.2) is 20.7 Å². The van der Waals surface area contributed by atoms with Crippen molar-refractivity contribution >= 4 is 11.7 Å². The number of nitrogens with one attached hydrogen (secondary N) is 2. The Bertz CT molecular complexity index is 607. The molecule has 20 heavy (non-hydrogen) atoms. The Morgan fingerprint density at radius 1 is 1.50 bits per heavy atom. The average molecular weight is 272 g/mol. The molecule has 2 heterocycles. The van der Waals surface area contributed by atoms with Gasteiger partial charge >= 0.3 is 0 Å². The number of hydrogen-bond acceptors (Lipinski definition) is 2. The number of amides is 1. The molecule has 0 bridgehead atoms. The lowest BCUT2D eigenvalue weighted by atomic mass is 9.93. The van der Waals surface area contributed by atoms with E-state index in [2.05, 4.69) is 33.9 Å². The molecule has 2 aromatic heterocycles. The Morgan fingerprint density at radius 3 is 2.90 bits per heavy atom. The van der Waals surface area contributed by atoms with Crippen LogP contribution < -0.4 is 5.32 Å². The van der Waals surface area contributed by atoms with Crippen LogP contribution in [0, 0.1) is 0 Å². The van der Waals surface area contributed by atoms with Gasteiger partial charge < -0.3 is 9.88 Å². The molecule has 2 N–H and O–H groups in total. The first-order valence-electron chi connectivity index (χ1n) is 7.18. The molecule has 1 amide bonds. The Hall–Kier alpha value is -2.04. The molecule has 0 aliphatic heterocycles. The zero-order chi connectivity index (χ0) is 14.1. The van der Waals surface area contributed by atoms with Crippen LogP contribution in [0.1, 0.15) is 61.3 Å². The second-order valence-corrected chi connectivity index (χ2v) is 5.70. The van der Waals surface area contributed by atoms with Gasteiger partial charge in [0, 0.05) is 24.0 Å². The summed E-state index contributed by atoms with van der Waals surface area (Å²) in [6.07, 6.45) is 5.56. The van der Waals surface area contributed by atoms with Crippen molar-refractivity contribution in [2.45, 2.75) is 45.1 Å². The van der Waals surface area contributed by atoms with Crippen LogP contribution in [0.5, 0.6) is 0 Å². The van der Waals surface area contributed by atoms with Crippen LogP contribution >= 0.6 is 0 Å². The predicted octanol–water partition coefficient (Wildman–Crippen LogP) is 3.31. The summed E-state index contributed by atoms with van der Waals surface area (Å²) in [5.41, 5.74) is 1.73. The van der Waals surface area contributed by atoms with E-state index in [1.165, 1.54) is 6.42 Å². The van der Waals surface area contributed by atoms with Gasteiger partial charge in [-0.2, -0.15) is 5.10 Å². The molecule has 106 valence electrons. The second-order valence-electron chi connectivity index (χ2n) is 5.70. The molecule has 0 saturated heterocycles. The summed E-state index contributed by atoms with van der Waals surface area (Å²) in [4.78, 5) is 12.3. The third kappa shape index (κ3) is 2.35. The minimum Gasteiger partial charge on any atom is -0.340 e. The highest BCUT2D eigenvalue weighted by molar-refractivity contribution is 6.02. The van der Waals surface area contributed by atoms with Gasteiger partial charge in [0.25, 0.3) is 5.91 Å². The van der Waals surface area contributed by atoms with E-state index in [9.17, 15) is 4.79 Å². The largest absolute Gasteiger partial charge is 0.340 e. The average Bonchev–Trinajstić information content (AvgIpc) is 2.95. The SMILES string of the molecule is CC(C)c1cc(NC(=O)c2cccn2C2CCC2)n[nH]1. The van der Waals surface area contributed by atoms with E-state index in [4.69, 9.17) is 0 Å². The maximum Gasteiger partial charge on any atom is 0.273 e. The monoisotopic (exact) mass is 272 g/mol. The molecule has 1 fully saturated rings. The van der Waals surface area contributed by atoms with E-state index in [1.807, 2.05) is 24.4 Å². The Labute approximate surface area is 118 Å². The van der Waals surface area contributed by atoms with Crippen molar-refractivity contribution in [3.8, 4) is 0 Å². The van der Waals surface area contributed by atoms with Crippen LogP contribution in [0.2, 0.25) is 0 Å². The normalized spacial score (nSPS) is 15.3. The Morgan fingerprint density at radius 2 is 2.30 bits per heavy atom. The molecule has 5 heteroatoms. The van der Waals surface area contributed by atoms with Crippen LogP contribution in [0.15, 0.2) is 24.4 Å². The van der Waals surface area contributed by atoms with Crippen molar-refractivity contribution in [3.63, 3.8) is 0 Å². The van der Waals surface area contributed by atoms with E-state index in [-0.39, 0.29) is 5.91 Å². The molecule has 2 aromatic rings. The van der Waals surface area contributed by atoms with Crippen LogP contribution in [0.4, 0.5) is 5.82 Å². The standard InChI is InChI=1S/C15H20N4O/c1-10(2)12-9-14(18-17-12)16-15(20)13-7-4-8-19(13)11-5-3-6-11/h4,7-11H,3,5-6H2,1-2H3,(H2,16,17,18,20).